The number of esters is 1. The molecule has 0 unspecified atom stereocenters. The van der Waals surface area contributed by atoms with Gasteiger partial charge in [-0.1, -0.05) is 53.2 Å². The lowest BCUT2D eigenvalue weighted by Crippen LogP contribution is -2.68. The number of carbonyl (C=O) groups excluding carboxylic acids is 1. The van der Waals surface area contributed by atoms with E-state index in [0.717, 1.165) is 25.7 Å². The van der Waals surface area contributed by atoms with Gasteiger partial charge >= 0.3 is 5.97 Å². The molecular weight excluding hydrogens is 728 g/mol. The number of aliphatic hydroxyl groups excluding tert-OH is 9. The Morgan fingerprint density at radius 3 is 2.14 bits per heavy atom. The number of carbonyl (C=O) groups is 1. The Morgan fingerprint density at radius 1 is 0.804 bits per heavy atom. The number of rotatable bonds is 6. The third-order valence-corrected chi connectivity index (χ3v) is 17.6. The minimum absolute atomic E-state index is 0.0228. The van der Waals surface area contributed by atoms with Crippen molar-refractivity contribution in [2.75, 3.05) is 13.2 Å². The van der Waals surface area contributed by atoms with Crippen molar-refractivity contribution < 1.29 is 69.7 Å². The van der Waals surface area contributed by atoms with Crippen molar-refractivity contribution in [3.8, 4) is 0 Å². The van der Waals surface area contributed by atoms with Crippen molar-refractivity contribution in [1.82, 2.24) is 0 Å². The molecule has 2 heterocycles. The molecule has 14 heteroatoms. The van der Waals surface area contributed by atoms with E-state index in [0.29, 0.717) is 31.6 Å². The van der Waals surface area contributed by atoms with Gasteiger partial charge in [-0.2, -0.15) is 0 Å². The molecule has 2 aliphatic heterocycles. The fraction of sp³-hybridized carbons (Fsp3) is 0.929. The van der Waals surface area contributed by atoms with Crippen LogP contribution < -0.4 is 0 Å². The van der Waals surface area contributed by atoms with Crippen LogP contribution in [0.3, 0.4) is 0 Å². The lowest BCUT2D eigenvalue weighted by atomic mass is 9.33. The van der Waals surface area contributed by atoms with Gasteiger partial charge in [0.05, 0.1) is 36.9 Å². The highest BCUT2D eigenvalue weighted by atomic mass is 16.7. The highest BCUT2D eigenvalue weighted by Crippen LogP contribution is 2.76. The summed E-state index contributed by atoms with van der Waals surface area (Å²) in [6, 6.07) is 0. The summed E-state index contributed by atoms with van der Waals surface area (Å²) in [4.78, 5) is 14.8. The third kappa shape index (κ3) is 5.97. The van der Waals surface area contributed by atoms with Crippen molar-refractivity contribution in [1.29, 1.82) is 0 Å². The molecule has 22 atom stereocenters. The van der Waals surface area contributed by atoms with Gasteiger partial charge in [0, 0.05) is 5.41 Å². The van der Waals surface area contributed by atoms with Crippen LogP contribution in [0.1, 0.15) is 99.8 Å². The van der Waals surface area contributed by atoms with Crippen LogP contribution in [-0.4, -0.2) is 139 Å². The Balaban J connectivity index is 1.16. The molecule has 4 saturated carbocycles. The van der Waals surface area contributed by atoms with Crippen molar-refractivity contribution in [2.24, 2.45) is 56.7 Å². The molecule has 9 N–H and O–H groups in total. The van der Waals surface area contributed by atoms with Gasteiger partial charge in [0.1, 0.15) is 42.7 Å². The number of allylic oxidation sites excluding steroid dienone is 2. The molecule has 6 fully saturated rings. The van der Waals surface area contributed by atoms with Crippen LogP contribution >= 0.6 is 0 Å². The monoisotopic (exact) mass is 796 g/mol. The second-order valence-corrected chi connectivity index (χ2v) is 20.1. The van der Waals surface area contributed by atoms with Crippen molar-refractivity contribution >= 4 is 5.97 Å². The Kier molecular flexibility index (Phi) is 11.3. The topological polar surface area (TPSA) is 236 Å². The molecule has 0 aromatic rings. The number of fused-ring (bicyclic) bond motifs is 7. The molecule has 0 spiro atoms. The Hall–Kier alpha value is -1.27. The molecule has 2 saturated heterocycles. The van der Waals surface area contributed by atoms with Crippen LogP contribution in [0.4, 0.5) is 0 Å². The van der Waals surface area contributed by atoms with E-state index in [4.69, 9.17) is 18.9 Å². The molecule has 7 rings (SSSR count). The van der Waals surface area contributed by atoms with Crippen LogP contribution in [0, 0.1) is 56.7 Å². The van der Waals surface area contributed by atoms with E-state index in [1.165, 1.54) is 12.5 Å². The predicted octanol–water partition coefficient (Wildman–Crippen LogP) is 1.14. The summed E-state index contributed by atoms with van der Waals surface area (Å²) >= 11 is 0. The van der Waals surface area contributed by atoms with Gasteiger partial charge in [-0.05, 0) is 104 Å². The van der Waals surface area contributed by atoms with Crippen molar-refractivity contribution in [3.63, 3.8) is 0 Å². The summed E-state index contributed by atoms with van der Waals surface area (Å²) in [5.74, 6) is -0.0817. The first-order chi connectivity index (χ1) is 26.2. The SMILES string of the molecule is C[C@H]1[C@H](C)CC[C@]2(C(=O)O[C@@H]3O[C@H](CO)[C@@H](O[C@@H]4O[C@H](C)[C@H](O)[C@@H](O)[C@H]4O)[C@H](O)[C@H]3O)CC[C@]3(C)C(=CC[C@@H]4[C@@]5(C)C[C@@H](O)[C@H](O)[C@@](C)(CO)[C@@H]5CC[C@]43C)[C@H]12. The molecule has 0 aromatic heterocycles. The fourth-order valence-electron chi connectivity index (χ4n) is 13.8. The summed E-state index contributed by atoms with van der Waals surface area (Å²) < 4.78 is 23.3. The van der Waals surface area contributed by atoms with E-state index in [1.54, 1.807) is 0 Å². The van der Waals surface area contributed by atoms with E-state index < -0.39 is 97.0 Å². The van der Waals surface area contributed by atoms with Gasteiger partial charge in [0.15, 0.2) is 6.29 Å². The van der Waals surface area contributed by atoms with Gasteiger partial charge in [0.25, 0.3) is 0 Å². The summed E-state index contributed by atoms with van der Waals surface area (Å²) in [5, 5.41) is 96.8. The standard InChI is InChI=1S/C42H68O14/c1-19-10-13-42(37(52)56-36-32(50)30(48)33(24(17-43)54-36)55-35-31(49)29(47)28(46)21(3)53-35)15-14-40(6)22(27(42)20(19)2)8-9-26-38(4)16-23(45)34(51)39(5,18-44)25(38)11-12-41(26,40)7/h8,19-21,23-36,43-51H,9-18H2,1-7H3/t19-,20+,21-,23-,24-,25-,26-,27+,28+,29-,30-,31-,32-,33-,34+,35+,36+,38+,39+,40-,41-,42+/m1/s1. The fourth-order valence-corrected chi connectivity index (χ4v) is 13.8. The number of hydrogen-bond acceptors (Lipinski definition) is 14. The van der Waals surface area contributed by atoms with E-state index in [2.05, 4.69) is 40.7 Å². The molecule has 56 heavy (non-hydrogen) atoms. The third-order valence-electron chi connectivity index (χ3n) is 17.6. The van der Waals surface area contributed by atoms with Crippen LogP contribution in [0.15, 0.2) is 11.6 Å². The predicted molar refractivity (Wildman–Crippen MR) is 199 cm³/mol. The van der Waals surface area contributed by atoms with Crippen LogP contribution in [0.2, 0.25) is 0 Å². The second-order valence-electron chi connectivity index (χ2n) is 20.1. The first-order valence-corrected chi connectivity index (χ1v) is 21.0. The highest BCUT2D eigenvalue weighted by molar-refractivity contribution is 5.79. The van der Waals surface area contributed by atoms with Crippen LogP contribution in [0.25, 0.3) is 0 Å². The summed E-state index contributed by atoms with van der Waals surface area (Å²) in [5.41, 5.74) is -1.35. The van der Waals surface area contributed by atoms with Crippen molar-refractivity contribution in [3.05, 3.63) is 11.6 Å². The zero-order chi connectivity index (χ0) is 41.1. The normalized spacial score (nSPS) is 57.1. The van der Waals surface area contributed by atoms with Gasteiger partial charge in [0.2, 0.25) is 6.29 Å². The molecular formula is C42H68O14. The van der Waals surface area contributed by atoms with Crippen molar-refractivity contribution in [2.45, 2.75) is 173 Å². The molecule has 0 amide bonds. The van der Waals surface area contributed by atoms with Gasteiger partial charge in [-0.15, -0.1) is 0 Å². The van der Waals surface area contributed by atoms with E-state index in [9.17, 15) is 50.8 Å². The Labute approximate surface area is 330 Å². The van der Waals surface area contributed by atoms with Crippen LogP contribution in [0.5, 0.6) is 0 Å². The number of aliphatic hydroxyl groups is 9. The quantitative estimate of drug-likeness (QED) is 0.136. The zero-order valence-corrected chi connectivity index (χ0v) is 34.0. The Bertz CT molecular complexity index is 1510. The van der Waals surface area contributed by atoms with E-state index in [-0.39, 0.29) is 46.5 Å². The first-order valence-electron chi connectivity index (χ1n) is 21.0. The maximum Gasteiger partial charge on any atom is 0.315 e. The van der Waals surface area contributed by atoms with Gasteiger partial charge in [-0.3, -0.25) is 4.79 Å². The molecule has 0 radical (unpaired) electrons. The second kappa shape index (κ2) is 14.7. The molecule has 5 aliphatic carbocycles. The lowest BCUT2D eigenvalue weighted by molar-refractivity contribution is -0.353. The minimum atomic E-state index is -1.79. The largest absolute Gasteiger partial charge is 0.432 e. The molecule has 0 bridgehead atoms. The summed E-state index contributed by atoms with van der Waals surface area (Å²) in [6.07, 6.45) is -9.18. The average Bonchev–Trinajstić information content (AvgIpc) is 3.16. The maximum absolute atomic E-state index is 14.8. The van der Waals surface area contributed by atoms with E-state index >= 15 is 0 Å². The average molecular weight is 797 g/mol. The Morgan fingerprint density at radius 2 is 1.48 bits per heavy atom. The van der Waals surface area contributed by atoms with Gasteiger partial charge < -0.3 is 64.9 Å². The zero-order valence-electron chi connectivity index (χ0n) is 34.0. The van der Waals surface area contributed by atoms with Crippen LogP contribution in [-0.2, 0) is 23.7 Å². The van der Waals surface area contributed by atoms with E-state index in [1.807, 2.05) is 6.92 Å². The molecule has 320 valence electrons. The maximum atomic E-state index is 14.8. The smallest absolute Gasteiger partial charge is 0.315 e. The van der Waals surface area contributed by atoms with Gasteiger partial charge in [-0.25, -0.2) is 0 Å². The number of hydrogen-bond donors (Lipinski definition) is 9. The minimum Gasteiger partial charge on any atom is -0.432 e. The molecule has 7 aliphatic rings. The number of ether oxygens (including phenoxy) is 4. The summed E-state index contributed by atoms with van der Waals surface area (Å²) in [7, 11) is 0. The summed E-state index contributed by atoms with van der Waals surface area (Å²) in [6.45, 7) is 13.9. The first kappa shape index (κ1) is 42.8. The lowest BCUT2D eigenvalue weighted by Gasteiger charge is -2.71. The highest BCUT2D eigenvalue weighted by Gasteiger charge is 2.71. The molecule has 0 aromatic carbocycles. The molecule has 14 nitrogen and oxygen atoms in total.